The number of nitrogens with two attached hydrogens (primary N) is 1. The zero-order chi connectivity index (χ0) is 55.4. The summed E-state index contributed by atoms with van der Waals surface area (Å²) in [7, 11) is 1.49. The number of hydrogen-bond donors (Lipinski definition) is 2. The maximum absolute atomic E-state index is 13.4. The van der Waals surface area contributed by atoms with Gasteiger partial charge in [0.25, 0.3) is 5.69 Å². The van der Waals surface area contributed by atoms with Crippen molar-refractivity contribution in [3.8, 4) is 34.5 Å². The molecule has 9 aromatic carbocycles. The maximum Gasteiger partial charge on any atom is 0.293 e. The first-order valence-corrected chi connectivity index (χ1v) is 25.2. The highest BCUT2D eigenvalue weighted by atomic mass is 35.5. The summed E-state index contributed by atoms with van der Waals surface area (Å²) in [4.78, 5) is 41.0. The molecule has 0 spiro atoms. The van der Waals surface area contributed by atoms with Crippen LogP contribution in [0.25, 0.3) is 83.0 Å². The van der Waals surface area contributed by atoms with Gasteiger partial charge in [0.1, 0.15) is 34.8 Å². The molecule has 0 amide bonds. The van der Waals surface area contributed by atoms with Crippen LogP contribution in [0.3, 0.4) is 0 Å². The Morgan fingerprint density at radius 1 is 0.585 bits per heavy atom. The molecule has 0 saturated carbocycles. The predicted octanol–water partition coefficient (Wildman–Crippen LogP) is 18.7. The average Bonchev–Trinajstić information content (AvgIpc) is 3.33. The number of halogens is 5. The summed E-state index contributed by atoms with van der Waals surface area (Å²) >= 11 is 17.7. The number of fused-ring (bicyclic) bond motifs is 5. The van der Waals surface area contributed by atoms with E-state index in [1.807, 2.05) is 120 Å². The lowest BCUT2D eigenvalue weighted by atomic mass is 10.0. The number of nitrogens with zero attached hydrogens (tertiary/aromatic N) is 6. The molecule has 13 aromatic rings. The number of rotatable bonds is 6. The molecule has 0 aliphatic heterocycles. The fourth-order valence-electron chi connectivity index (χ4n) is 8.44. The van der Waals surface area contributed by atoms with Gasteiger partial charge in [-0.05, 0) is 99.0 Å². The Bertz CT molecular complexity index is 4280. The lowest BCUT2D eigenvalue weighted by Gasteiger charge is -2.10. The van der Waals surface area contributed by atoms with E-state index in [2.05, 4.69) is 68.5 Å². The predicted molar refractivity (Wildman–Crippen MR) is 334 cm³/mol. The Kier molecular flexibility index (Phi) is 21.4. The van der Waals surface area contributed by atoms with Gasteiger partial charge in [0.05, 0.1) is 46.5 Å². The minimum absolute atomic E-state index is 0. The molecule has 17 heteroatoms. The summed E-state index contributed by atoms with van der Waals surface area (Å²) in [5.41, 5.74) is 11.6. The number of benzene rings is 9. The Morgan fingerprint density at radius 3 is 1.72 bits per heavy atom. The second kappa shape index (κ2) is 28.5. The highest BCUT2D eigenvalue weighted by molar-refractivity contribution is 6.31. The molecule has 0 saturated heterocycles. The normalized spacial score (nSPS) is 10.2. The molecule has 0 aliphatic carbocycles. The summed E-state index contributed by atoms with van der Waals surface area (Å²) in [6, 6.07) is 63.6. The first-order chi connectivity index (χ1) is 38.4. The number of carbonyl (C=O) groups excluding carboxylic acids is 1. The van der Waals surface area contributed by atoms with Crippen LogP contribution in [-0.2, 0) is 0 Å². The van der Waals surface area contributed by atoms with Crippen LogP contribution in [0.2, 0.25) is 15.1 Å². The molecular formula is C65H55Cl3F2N8O4. The first-order valence-electron chi connectivity index (χ1n) is 24.1. The van der Waals surface area contributed by atoms with Crippen LogP contribution in [0.5, 0.6) is 5.88 Å². The van der Waals surface area contributed by atoms with E-state index in [1.54, 1.807) is 6.07 Å². The SMILES string of the molecule is C.C.C.COc1ccc(F)cn1.Clc1ccc2nc(-c3cccc4ccccc34)[nH]c2c1.Fc1ccc(-n2c(-c3cccc4ccccc34)nc3cc(Cl)ccc32)nc1.Nc1ccc(Cl)cc1[N+](=O)[O-].O=Cc1cccc2ccccc12. The Hall–Kier alpha value is -9.60. The number of methoxy groups -OCH3 is 1. The maximum atomic E-state index is 13.4. The minimum atomic E-state index is -0.568. The summed E-state index contributed by atoms with van der Waals surface area (Å²) < 4.78 is 32.2. The van der Waals surface area contributed by atoms with Gasteiger partial charge in [-0.3, -0.25) is 19.5 Å². The minimum Gasteiger partial charge on any atom is -0.481 e. The van der Waals surface area contributed by atoms with E-state index in [0.717, 1.165) is 84.4 Å². The summed E-state index contributed by atoms with van der Waals surface area (Å²) in [6.45, 7) is 0. The van der Waals surface area contributed by atoms with Gasteiger partial charge in [0.15, 0.2) is 6.29 Å². The molecule has 0 unspecified atom stereocenters. The molecule has 12 nitrogen and oxygen atoms in total. The molecule has 0 bridgehead atoms. The number of H-pyrrole nitrogens is 1. The largest absolute Gasteiger partial charge is 0.481 e. The summed E-state index contributed by atoms with van der Waals surface area (Å²) in [5, 5.41) is 18.6. The number of anilines is 1. The van der Waals surface area contributed by atoms with Gasteiger partial charge < -0.3 is 15.5 Å². The summed E-state index contributed by atoms with van der Waals surface area (Å²) in [5.74, 6) is 1.91. The van der Waals surface area contributed by atoms with E-state index < -0.39 is 4.92 Å². The number of carbonyl (C=O) groups is 1. The first kappa shape index (κ1) is 61.6. The van der Waals surface area contributed by atoms with E-state index in [-0.39, 0.29) is 45.3 Å². The van der Waals surface area contributed by atoms with E-state index in [4.69, 9.17) is 50.3 Å². The highest BCUT2D eigenvalue weighted by Gasteiger charge is 2.18. The number of nitro benzene ring substituents is 1. The molecule has 82 heavy (non-hydrogen) atoms. The monoisotopic (exact) mass is 1150 g/mol. The molecule has 3 N–H and O–H groups in total. The third-order valence-electron chi connectivity index (χ3n) is 12.1. The molecule has 0 atom stereocenters. The average molecular weight is 1160 g/mol. The van der Waals surface area contributed by atoms with Crippen LogP contribution >= 0.6 is 34.8 Å². The molecule has 0 radical (unpaired) electrons. The molecule has 0 aliphatic rings. The van der Waals surface area contributed by atoms with Crippen LogP contribution in [-0.4, -0.2) is 47.8 Å². The third kappa shape index (κ3) is 14.6. The number of ether oxygens (including phenoxy) is 1. The van der Waals surface area contributed by atoms with Gasteiger partial charge in [-0.15, -0.1) is 0 Å². The number of pyridine rings is 2. The van der Waals surface area contributed by atoms with E-state index >= 15 is 0 Å². The Labute approximate surface area is 487 Å². The zero-order valence-electron chi connectivity index (χ0n) is 41.6. The molecule has 0 fully saturated rings. The lowest BCUT2D eigenvalue weighted by Crippen LogP contribution is -2.00. The second-order valence-corrected chi connectivity index (χ2v) is 18.5. The summed E-state index contributed by atoms with van der Waals surface area (Å²) in [6.07, 6.45) is 3.21. The van der Waals surface area contributed by atoms with Gasteiger partial charge in [-0.1, -0.05) is 184 Å². The van der Waals surface area contributed by atoms with Crippen molar-refractivity contribution in [1.29, 1.82) is 0 Å². The van der Waals surface area contributed by atoms with E-state index in [9.17, 15) is 23.7 Å². The van der Waals surface area contributed by atoms with Gasteiger partial charge >= 0.3 is 0 Å². The lowest BCUT2D eigenvalue weighted by molar-refractivity contribution is -0.383. The number of nitrogen functional groups attached to an aromatic ring is 1. The quantitative estimate of drug-likeness (QED) is 0.0712. The van der Waals surface area contributed by atoms with Gasteiger partial charge in [-0.25, -0.2) is 28.7 Å². The topological polar surface area (TPSA) is 168 Å². The molecule has 13 rings (SSSR count). The van der Waals surface area contributed by atoms with Gasteiger partial charge in [0.2, 0.25) is 5.88 Å². The number of aromatic amines is 1. The fourth-order valence-corrected chi connectivity index (χ4v) is 8.94. The van der Waals surface area contributed by atoms with Gasteiger partial charge in [-0.2, -0.15) is 0 Å². The Balaban J connectivity index is 0.000000174. The standard InChI is InChI=1S/C22H13ClFN3.C17H11ClN2.C11H8O.C6H5ClN2O2.C6H6FNO.3CH4/c23-15-8-10-20-19(12-15)26-22(27(20)21-11-9-16(24)13-25-21)18-7-3-5-14-4-1-2-6-17(14)18;18-12-8-9-15-16(10-12)20-17(19-15)14-7-3-5-11-4-1-2-6-13(11)14;12-8-10-6-3-5-9-4-1-2-7-11(9)10;7-4-1-2-5(8)6(3-4)9(10)11;1-9-6-3-2-5(7)4-8-6;;;/h1-13H;1-10H,(H,19,20);1-8H;1-3H,8H2;2-4H,1H3;3*1H4. The number of imidazole rings is 2. The fraction of sp³-hybridized carbons (Fsp3) is 0.0615. The molecule has 4 aromatic heterocycles. The van der Waals surface area contributed by atoms with Crippen molar-refractivity contribution in [1.82, 2.24) is 29.5 Å². The van der Waals surface area contributed by atoms with E-state index in [1.165, 1.54) is 60.5 Å². The van der Waals surface area contributed by atoms with Crippen molar-refractivity contribution < 1.29 is 23.2 Å². The highest BCUT2D eigenvalue weighted by Crippen LogP contribution is 2.34. The molecule has 414 valence electrons. The van der Waals surface area contributed by atoms with Crippen molar-refractivity contribution >= 4 is 107 Å². The number of aromatic nitrogens is 6. The van der Waals surface area contributed by atoms with Crippen molar-refractivity contribution in [2.45, 2.75) is 22.3 Å². The van der Waals surface area contributed by atoms with E-state index in [0.29, 0.717) is 26.8 Å². The van der Waals surface area contributed by atoms with Crippen molar-refractivity contribution in [2.75, 3.05) is 12.8 Å². The third-order valence-corrected chi connectivity index (χ3v) is 12.8. The van der Waals surface area contributed by atoms with Crippen molar-refractivity contribution in [3.05, 3.63) is 261 Å². The van der Waals surface area contributed by atoms with Crippen LogP contribution in [0.1, 0.15) is 32.6 Å². The number of aldehydes is 1. The van der Waals surface area contributed by atoms with Crippen LogP contribution in [0, 0.1) is 21.7 Å². The number of hydrogen-bond acceptors (Lipinski definition) is 9. The van der Waals surface area contributed by atoms with Gasteiger partial charge in [0, 0.05) is 43.9 Å². The van der Waals surface area contributed by atoms with Crippen LogP contribution in [0.15, 0.2) is 219 Å². The van der Waals surface area contributed by atoms with Crippen LogP contribution < -0.4 is 10.5 Å². The van der Waals surface area contributed by atoms with Crippen LogP contribution in [0.4, 0.5) is 20.2 Å². The number of nitrogens with one attached hydrogen (secondary N) is 1. The van der Waals surface area contributed by atoms with Crippen molar-refractivity contribution in [2.24, 2.45) is 0 Å². The molecule has 4 heterocycles. The number of nitro groups is 1. The zero-order valence-corrected chi connectivity index (χ0v) is 43.9. The smallest absolute Gasteiger partial charge is 0.293 e. The molecular weight excluding hydrogens is 1100 g/mol. The second-order valence-electron chi connectivity index (χ2n) is 17.2. The van der Waals surface area contributed by atoms with Crippen molar-refractivity contribution in [3.63, 3.8) is 0 Å². The Morgan fingerprint density at radius 2 is 1.12 bits per heavy atom.